The van der Waals surface area contributed by atoms with Crippen LogP contribution < -0.4 is 16.8 Å². The summed E-state index contributed by atoms with van der Waals surface area (Å²) in [5.74, 6) is -1.23. The average Bonchev–Trinajstić information content (AvgIpc) is 2.92. The van der Waals surface area contributed by atoms with Gasteiger partial charge in [-0.25, -0.2) is 4.98 Å². The van der Waals surface area contributed by atoms with Crippen molar-refractivity contribution in [3.63, 3.8) is 0 Å². The van der Waals surface area contributed by atoms with Gasteiger partial charge in [-0.15, -0.1) is 11.3 Å². The summed E-state index contributed by atoms with van der Waals surface area (Å²) in [4.78, 5) is 26.7. The molecule has 1 heterocycles. The number of nitrogens with one attached hydrogen (secondary N) is 1. The Bertz CT molecular complexity index is 608. The van der Waals surface area contributed by atoms with Crippen LogP contribution in [0.3, 0.4) is 0 Å². The molecule has 5 N–H and O–H groups in total. The fourth-order valence-corrected chi connectivity index (χ4v) is 2.40. The molecule has 0 spiro atoms. The normalized spacial score (nSPS) is 11.8. The highest BCUT2D eigenvalue weighted by Gasteiger charge is 2.12. The zero-order chi connectivity index (χ0) is 14.7. The average molecular weight is 290 g/mol. The fourth-order valence-electron chi connectivity index (χ4n) is 1.76. The van der Waals surface area contributed by atoms with E-state index in [2.05, 4.69) is 10.3 Å². The monoisotopic (exact) mass is 290 g/mol. The van der Waals surface area contributed by atoms with E-state index < -0.39 is 11.8 Å². The number of aromatic nitrogens is 1. The molecule has 2 aromatic rings. The van der Waals surface area contributed by atoms with Gasteiger partial charge in [-0.05, 0) is 25.1 Å². The van der Waals surface area contributed by atoms with Crippen LogP contribution in [-0.2, 0) is 0 Å². The van der Waals surface area contributed by atoms with E-state index in [0.29, 0.717) is 5.69 Å². The van der Waals surface area contributed by atoms with Gasteiger partial charge in [0.1, 0.15) is 0 Å². The minimum atomic E-state index is -0.613. The second-order valence-electron chi connectivity index (χ2n) is 4.31. The molecule has 0 aliphatic rings. The van der Waals surface area contributed by atoms with Crippen molar-refractivity contribution in [2.75, 3.05) is 5.32 Å². The van der Waals surface area contributed by atoms with Crippen molar-refractivity contribution < 1.29 is 9.59 Å². The third-order valence-electron chi connectivity index (χ3n) is 2.78. The molecule has 1 aromatic carbocycles. The molecule has 1 atom stereocenters. The minimum Gasteiger partial charge on any atom is -0.377 e. The highest BCUT2D eigenvalue weighted by molar-refractivity contribution is 7.07. The van der Waals surface area contributed by atoms with Gasteiger partial charge in [0.2, 0.25) is 11.8 Å². The number of carbonyl (C=O) groups is 2. The Morgan fingerprint density at radius 3 is 2.25 bits per heavy atom. The van der Waals surface area contributed by atoms with Gasteiger partial charge < -0.3 is 16.8 Å². The molecule has 0 radical (unpaired) electrons. The quantitative estimate of drug-likeness (QED) is 0.775. The highest BCUT2D eigenvalue weighted by atomic mass is 32.1. The van der Waals surface area contributed by atoms with E-state index >= 15 is 0 Å². The molecule has 2 amide bonds. The molecule has 104 valence electrons. The number of carbonyl (C=O) groups excluding carboxylic acids is 2. The third-order valence-corrected chi connectivity index (χ3v) is 3.38. The Morgan fingerprint density at radius 2 is 1.80 bits per heavy atom. The number of primary amides is 2. The van der Waals surface area contributed by atoms with E-state index in [-0.39, 0.29) is 17.2 Å². The van der Waals surface area contributed by atoms with Gasteiger partial charge in [-0.1, -0.05) is 0 Å². The van der Waals surface area contributed by atoms with Gasteiger partial charge in [0.15, 0.2) is 0 Å². The van der Waals surface area contributed by atoms with Crippen molar-refractivity contribution in [3.8, 4) is 0 Å². The Kier molecular flexibility index (Phi) is 3.99. The third kappa shape index (κ3) is 3.12. The molecule has 0 saturated heterocycles. The van der Waals surface area contributed by atoms with Crippen molar-refractivity contribution >= 4 is 28.8 Å². The molecule has 0 aliphatic carbocycles. The largest absolute Gasteiger partial charge is 0.377 e. The number of nitrogens with two attached hydrogens (primary N) is 2. The summed E-state index contributed by atoms with van der Waals surface area (Å²) in [6.07, 6.45) is 0. The van der Waals surface area contributed by atoms with E-state index in [1.54, 1.807) is 17.6 Å². The van der Waals surface area contributed by atoms with Crippen LogP contribution in [0.1, 0.15) is 39.4 Å². The van der Waals surface area contributed by atoms with Crippen molar-refractivity contribution in [1.29, 1.82) is 0 Å². The molecule has 1 aromatic heterocycles. The van der Waals surface area contributed by atoms with Crippen LogP contribution in [0.25, 0.3) is 0 Å². The fraction of sp³-hybridized carbons (Fsp3) is 0.154. The maximum atomic E-state index is 11.3. The summed E-state index contributed by atoms with van der Waals surface area (Å²) in [5.41, 5.74) is 14.2. The summed E-state index contributed by atoms with van der Waals surface area (Å²) in [6, 6.07) is 4.48. The molecule has 0 fully saturated rings. The molecular weight excluding hydrogens is 276 g/mol. The van der Waals surface area contributed by atoms with E-state index in [0.717, 1.165) is 5.69 Å². The number of hydrogen-bond acceptors (Lipinski definition) is 5. The number of nitrogens with zero attached hydrogens (tertiary/aromatic N) is 1. The summed E-state index contributed by atoms with van der Waals surface area (Å²) >= 11 is 1.50. The van der Waals surface area contributed by atoms with Crippen LogP contribution in [0.15, 0.2) is 29.1 Å². The molecule has 7 heteroatoms. The zero-order valence-corrected chi connectivity index (χ0v) is 11.6. The molecule has 2 rings (SSSR count). The molecule has 1 unspecified atom stereocenters. The van der Waals surface area contributed by atoms with Crippen molar-refractivity contribution in [1.82, 2.24) is 4.98 Å². The molecule has 20 heavy (non-hydrogen) atoms. The van der Waals surface area contributed by atoms with Gasteiger partial charge in [-0.2, -0.15) is 0 Å². The van der Waals surface area contributed by atoms with Crippen LogP contribution in [0.2, 0.25) is 0 Å². The Labute approximate surface area is 119 Å². The molecule has 0 saturated carbocycles. The van der Waals surface area contributed by atoms with Crippen LogP contribution in [-0.4, -0.2) is 16.8 Å². The number of anilines is 1. The van der Waals surface area contributed by atoms with E-state index in [9.17, 15) is 9.59 Å². The van der Waals surface area contributed by atoms with Gasteiger partial charge >= 0.3 is 0 Å². The number of benzene rings is 1. The van der Waals surface area contributed by atoms with Gasteiger partial charge in [0, 0.05) is 22.2 Å². The van der Waals surface area contributed by atoms with E-state index in [1.165, 1.54) is 17.4 Å². The molecular formula is C13H14N4O2S. The maximum absolute atomic E-state index is 11.3. The first kappa shape index (κ1) is 14.0. The van der Waals surface area contributed by atoms with Crippen molar-refractivity contribution in [2.45, 2.75) is 13.0 Å². The smallest absolute Gasteiger partial charge is 0.248 e. The number of rotatable bonds is 5. The molecule has 6 nitrogen and oxygen atoms in total. The lowest BCUT2D eigenvalue weighted by atomic mass is 10.1. The Morgan fingerprint density at radius 1 is 1.20 bits per heavy atom. The second-order valence-corrected chi connectivity index (χ2v) is 5.03. The molecule has 0 bridgehead atoms. The summed E-state index contributed by atoms with van der Waals surface area (Å²) in [6.45, 7) is 1.93. The second kappa shape index (κ2) is 5.70. The van der Waals surface area contributed by atoms with Crippen LogP contribution in [0.4, 0.5) is 5.69 Å². The Hall–Kier alpha value is -2.41. The zero-order valence-electron chi connectivity index (χ0n) is 10.8. The highest BCUT2D eigenvalue weighted by Crippen LogP contribution is 2.21. The first-order chi connectivity index (χ1) is 9.47. The van der Waals surface area contributed by atoms with Gasteiger partial charge in [0.05, 0.1) is 17.2 Å². The number of hydrogen-bond donors (Lipinski definition) is 3. The van der Waals surface area contributed by atoms with Crippen molar-refractivity contribution in [3.05, 3.63) is 45.9 Å². The first-order valence-electron chi connectivity index (χ1n) is 5.86. The summed E-state index contributed by atoms with van der Waals surface area (Å²) in [7, 11) is 0. The predicted molar refractivity (Wildman–Crippen MR) is 77.6 cm³/mol. The van der Waals surface area contributed by atoms with Crippen LogP contribution in [0, 0.1) is 0 Å². The lowest BCUT2D eigenvalue weighted by Gasteiger charge is -2.14. The van der Waals surface area contributed by atoms with Gasteiger partial charge in [-0.3, -0.25) is 9.59 Å². The number of thiazole rings is 1. The molecule has 0 aliphatic heterocycles. The first-order valence-corrected chi connectivity index (χ1v) is 6.81. The van der Waals surface area contributed by atoms with E-state index in [4.69, 9.17) is 11.5 Å². The SMILES string of the molecule is CC(Nc1cc(C(N)=O)cc(C(N)=O)c1)c1cscn1. The lowest BCUT2D eigenvalue weighted by Crippen LogP contribution is -2.17. The maximum Gasteiger partial charge on any atom is 0.248 e. The Balaban J connectivity index is 2.31. The minimum absolute atomic E-state index is 0.0647. The van der Waals surface area contributed by atoms with Crippen LogP contribution in [0.5, 0.6) is 0 Å². The predicted octanol–water partition coefficient (Wildman–Crippen LogP) is 1.51. The summed E-state index contributed by atoms with van der Waals surface area (Å²) < 4.78 is 0. The lowest BCUT2D eigenvalue weighted by molar-refractivity contribution is 0.0999. The number of amides is 2. The van der Waals surface area contributed by atoms with Gasteiger partial charge in [0.25, 0.3) is 0 Å². The summed E-state index contributed by atoms with van der Waals surface area (Å²) in [5, 5.41) is 5.08. The topological polar surface area (TPSA) is 111 Å². The van der Waals surface area contributed by atoms with Crippen molar-refractivity contribution in [2.24, 2.45) is 11.5 Å². The van der Waals surface area contributed by atoms with Crippen LogP contribution >= 0.6 is 11.3 Å². The standard InChI is InChI=1S/C13H14N4O2S/c1-7(11-5-20-6-16-11)17-10-3-8(12(14)18)2-9(4-10)13(15)19/h2-7,17H,1H3,(H2,14,18)(H2,15,19). The van der Waals surface area contributed by atoms with E-state index in [1.807, 2.05) is 12.3 Å².